The molecule has 1 heterocycles. The fourth-order valence-corrected chi connectivity index (χ4v) is 1.97. The Labute approximate surface area is 104 Å². The zero-order chi connectivity index (χ0) is 11.5. The van der Waals surface area contributed by atoms with Crippen molar-refractivity contribution in [2.75, 3.05) is 19.0 Å². The molecule has 0 spiro atoms. The minimum atomic E-state index is -0.305. The first-order valence-electron chi connectivity index (χ1n) is 4.97. The van der Waals surface area contributed by atoms with Crippen LogP contribution in [0.4, 0.5) is 4.79 Å². The molecule has 1 saturated heterocycles. The molecule has 0 saturated carbocycles. The summed E-state index contributed by atoms with van der Waals surface area (Å²) in [6.45, 7) is 1.07. The first-order valence-corrected chi connectivity index (χ1v) is 5.89. The van der Waals surface area contributed by atoms with Crippen LogP contribution >= 0.6 is 23.2 Å². The van der Waals surface area contributed by atoms with Crippen LogP contribution in [0.5, 0.6) is 0 Å². The quantitative estimate of drug-likeness (QED) is 0.781. The lowest BCUT2D eigenvalue weighted by molar-refractivity contribution is 0.133. The first-order chi connectivity index (χ1) is 7.70. The highest BCUT2D eigenvalue weighted by Gasteiger charge is 2.31. The zero-order valence-electron chi connectivity index (χ0n) is 8.53. The van der Waals surface area contributed by atoms with E-state index >= 15 is 0 Å². The van der Waals surface area contributed by atoms with Gasteiger partial charge in [0.05, 0.1) is 6.54 Å². The number of nitrogens with zero attached hydrogens (tertiary/aromatic N) is 1. The molecule has 1 aliphatic rings. The van der Waals surface area contributed by atoms with Gasteiger partial charge in [0.2, 0.25) is 0 Å². The fourth-order valence-electron chi connectivity index (χ4n) is 1.64. The summed E-state index contributed by atoms with van der Waals surface area (Å²) in [4.78, 5) is 13.0. The third-order valence-corrected chi connectivity index (χ3v) is 2.90. The maximum atomic E-state index is 11.4. The maximum Gasteiger partial charge on any atom is 0.410 e. The van der Waals surface area contributed by atoms with Gasteiger partial charge in [-0.05, 0) is 17.7 Å². The topological polar surface area (TPSA) is 29.5 Å². The molecule has 2 rings (SSSR count). The van der Waals surface area contributed by atoms with E-state index in [0.29, 0.717) is 24.0 Å². The summed E-state index contributed by atoms with van der Waals surface area (Å²) in [6.07, 6.45) is -0.520. The van der Waals surface area contributed by atoms with E-state index in [9.17, 15) is 4.79 Å². The number of amides is 1. The molecule has 1 fully saturated rings. The Kier molecular flexibility index (Phi) is 3.56. The second-order valence-corrected chi connectivity index (χ2v) is 4.37. The molecule has 1 atom stereocenters. The van der Waals surface area contributed by atoms with Crippen molar-refractivity contribution in [3.05, 3.63) is 34.9 Å². The molecule has 1 unspecified atom stereocenters. The van der Waals surface area contributed by atoms with Crippen LogP contribution in [-0.4, -0.2) is 30.0 Å². The molecule has 0 aromatic heterocycles. The molecular weight excluding hydrogens is 249 g/mol. The Bertz CT molecular complexity index is 380. The number of carbonyl (C=O) groups excluding carboxylic acids is 1. The monoisotopic (exact) mass is 259 g/mol. The van der Waals surface area contributed by atoms with E-state index in [2.05, 4.69) is 0 Å². The first kappa shape index (κ1) is 11.6. The molecule has 0 bridgehead atoms. The maximum absolute atomic E-state index is 11.4. The molecule has 3 nitrogen and oxygen atoms in total. The van der Waals surface area contributed by atoms with E-state index in [-0.39, 0.29) is 12.2 Å². The van der Waals surface area contributed by atoms with Gasteiger partial charge in [-0.15, -0.1) is 11.6 Å². The highest BCUT2D eigenvalue weighted by molar-refractivity contribution is 6.30. The average Bonchev–Trinajstić information content (AvgIpc) is 2.62. The van der Waals surface area contributed by atoms with Gasteiger partial charge in [0.15, 0.2) is 0 Å². The molecule has 0 N–H and O–H groups in total. The number of hydrogen-bond acceptors (Lipinski definition) is 2. The van der Waals surface area contributed by atoms with Crippen molar-refractivity contribution in [3.8, 4) is 0 Å². The normalized spacial score (nSPS) is 20.0. The number of hydrogen-bond donors (Lipinski definition) is 0. The van der Waals surface area contributed by atoms with Gasteiger partial charge in [-0.25, -0.2) is 4.79 Å². The predicted molar refractivity (Wildman–Crippen MR) is 63.0 cm³/mol. The Morgan fingerprint density at radius 3 is 2.69 bits per heavy atom. The van der Waals surface area contributed by atoms with Crippen molar-refractivity contribution >= 4 is 29.3 Å². The van der Waals surface area contributed by atoms with Crippen LogP contribution in [0.15, 0.2) is 24.3 Å². The minimum absolute atomic E-state index is 0.215. The molecule has 0 aliphatic carbocycles. The van der Waals surface area contributed by atoms with Crippen molar-refractivity contribution in [2.24, 2.45) is 0 Å². The molecular formula is C11H11Cl2NO2. The molecule has 0 radical (unpaired) electrons. The van der Waals surface area contributed by atoms with Gasteiger partial charge in [0.1, 0.15) is 6.10 Å². The summed E-state index contributed by atoms with van der Waals surface area (Å²) in [6, 6.07) is 7.30. The number of halogens is 2. The Morgan fingerprint density at radius 1 is 1.38 bits per heavy atom. The third kappa shape index (κ3) is 2.42. The smallest absolute Gasteiger partial charge is 0.410 e. The van der Waals surface area contributed by atoms with E-state index < -0.39 is 0 Å². The molecule has 1 aromatic carbocycles. The van der Waals surface area contributed by atoms with Crippen LogP contribution in [0.1, 0.15) is 11.7 Å². The Balaban J connectivity index is 2.07. The van der Waals surface area contributed by atoms with Crippen LogP contribution in [0.25, 0.3) is 0 Å². The van der Waals surface area contributed by atoms with E-state index in [1.807, 2.05) is 12.1 Å². The van der Waals surface area contributed by atoms with Gasteiger partial charge < -0.3 is 9.64 Å². The number of ether oxygens (including phenoxy) is 1. The van der Waals surface area contributed by atoms with Crippen LogP contribution in [0.2, 0.25) is 5.02 Å². The molecule has 1 aromatic rings. The lowest BCUT2D eigenvalue weighted by Crippen LogP contribution is -2.26. The predicted octanol–water partition coefficient (Wildman–Crippen LogP) is 3.07. The number of cyclic esters (lactones) is 1. The number of carbonyl (C=O) groups is 1. The van der Waals surface area contributed by atoms with Crippen molar-refractivity contribution in [3.63, 3.8) is 0 Å². The number of rotatable bonds is 3. The van der Waals surface area contributed by atoms with Gasteiger partial charge in [-0.3, -0.25) is 0 Å². The number of benzene rings is 1. The van der Waals surface area contributed by atoms with Crippen molar-refractivity contribution in [1.29, 1.82) is 0 Å². The van der Waals surface area contributed by atoms with Gasteiger partial charge in [-0.1, -0.05) is 23.7 Å². The number of alkyl halides is 1. The van der Waals surface area contributed by atoms with Crippen molar-refractivity contribution in [1.82, 2.24) is 4.90 Å². The standard InChI is InChI=1S/C11H11Cl2NO2/c12-5-6-14-7-10(16-11(14)15)8-1-3-9(13)4-2-8/h1-4,10H,5-7H2. The summed E-state index contributed by atoms with van der Waals surface area (Å²) >= 11 is 11.4. The molecule has 5 heteroatoms. The Hall–Kier alpha value is -0.930. The Morgan fingerprint density at radius 2 is 2.06 bits per heavy atom. The SMILES string of the molecule is O=C1OC(c2ccc(Cl)cc2)CN1CCCl. The second-order valence-electron chi connectivity index (χ2n) is 3.56. The highest BCUT2D eigenvalue weighted by atomic mass is 35.5. The summed E-state index contributed by atoms with van der Waals surface area (Å²) < 4.78 is 5.24. The minimum Gasteiger partial charge on any atom is -0.439 e. The van der Waals surface area contributed by atoms with Gasteiger partial charge in [0, 0.05) is 17.4 Å². The second kappa shape index (κ2) is 4.93. The van der Waals surface area contributed by atoms with E-state index in [4.69, 9.17) is 27.9 Å². The average molecular weight is 260 g/mol. The van der Waals surface area contributed by atoms with Gasteiger partial charge in [0.25, 0.3) is 0 Å². The highest BCUT2D eigenvalue weighted by Crippen LogP contribution is 2.26. The van der Waals surface area contributed by atoms with Crippen LogP contribution in [0.3, 0.4) is 0 Å². The summed E-state index contributed by atoms with van der Waals surface area (Å²) in [7, 11) is 0. The molecule has 1 amide bonds. The molecule has 16 heavy (non-hydrogen) atoms. The lowest BCUT2D eigenvalue weighted by atomic mass is 10.1. The molecule has 86 valence electrons. The van der Waals surface area contributed by atoms with Crippen LogP contribution in [0, 0.1) is 0 Å². The largest absolute Gasteiger partial charge is 0.439 e. The van der Waals surface area contributed by atoms with Crippen LogP contribution < -0.4 is 0 Å². The molecule has 1 aliphatic heterocycles. The lowest BCUT2D eigenvalue weighted by Gasteiger charge is -2.10. The zero-order valence-corrected chi connectivity index (χ0v) is 10.0. The summed E-state index contributed by atoms with van der Waals surface area (Å²) in [5, 5.41) is 0.672. The third-order valence-electron chi connectivity index (χ3n) is 2.48. The van der Waals surface area contributed by atoms with E-state index in [1.165, 1.54) is 0 Å². The van der Waals surface area contributed by atoms with Gasteiger partial charge >= 0.3 is 6.09 Å². The summed E-state index contributed by atoms with van der Waals surface area (Å²) in [5.74, 6) is 0.419. The summed E-state index contributed by atoms with van der Waals surface area (Å²) in [5.41, 5.74) is 0.954. The van der Waals surface area contributed by atoms with Gasteiger partial charge in [-0.2, -0.15) is 0 Å². The van der Waals surface area contributed by atoms with Crippen LogP contribution in [-0.2, 0) is 4.74 Å². The van der Waals surface area contributed by atoms with E-state index in [0.717, 1.165) is 5.56 Å². The van der Waals surface area contributed by atoms with E-state index in [1.54, 1.807) is 17.0 Å². The fraction of sp³-hybridized carbons (Fsp3) is 0.364. The van der Waals surface area contributed by atoms with Crippen molar-refractivity contribution < 1.29 is 9.53 Å². The van der Waals surface area contributed by atoms with Crippen molar-refractivity contribution in [2.45, 2.75) is 6.10 Å².